The predicted molar refractivity (Wildman–Crippen MR) is 73.1 cm³/mol. The fourth-order valence-electron chi connectivity index (χ4n) is 2.41. The molecule has 3 nitrogen and oxygen atoms in total. The Kier molecular flexibility index (Phi) is 2.92. The monoisotopic (exact) mass is 293 g/mol. The maximum atomic E-state index is 4.36. The van der Waals surface area contributed by atoms with Crippen molar-refractivity contribution in [3.63, 3.8) is 0 Å². The van der Waals surface area contributed by atoms with Gasteiger partial charge in [-0.05, 0) is 53.9 Å². The predicted octanol–water partition coefficient (Wildman–Crippen LogP) is 2.96. The van der Waals surface area contributed by atoms with Crippen LogP contribution in [0.3, 0.4) is 0 Å². The van der Waals surface area contributed by atoms with Gasteiger partial charge in [-0.3, -0.25) is 0 Å². The first kappa shape index (κ1) is 11.2. The molecule has 1 unspecified atom stereocenters. The van der Waals surface area contributed by atoms with Gasteiger partial charge in [-0.2, -0.15) is 0 Å². The summed E-state index contributed by atoms with van der Waals surface area (Å²) in [6.45, 7) is 4.71. The number of aromatic nitrogens is 2. The van der Waals surface area contributed by atoms with Gasteiger partial charge in [0.25, 0.3) is 0 Å². The van der Waals surface area contributed by atoms with E-state index in [-0.39, 0.29) is 0 Å². The number of likely N-dealkylation sites (tertiary alicyclic amines) is 1. The van der Waals surface area contributed by atoms with Crippen LogP contribution in [0.25, 0.3) is 11.0 Å². The summed E-state index contributed by atoms with van der Waals surface area (Å²) in [6.07, 6.45) is 6.37. The zero-order chi connectivity index (χ0) is 11.8. The lowest BCUT2D eigenvalue weighted by molar-refractivity contribution is 0.107. The van der Waals surface area contributed by atoms with E-state index >= 15 is 0 Å². The molecular weight excluding hydrogens is 278 g/mol. The summed E-state index contributed by atoms with van der Waals surface area (Å²) >= 11 is 3.48. The molecular formula is C13H16BrN3. The van der Waals surface area contributed by atoms with Gasteiger partial charge in [0.05, 0.1) is 0 Å². The van der Waals surface area contributed by atoms with E-state index in [1.165, 1.54) is 23.9 Å². The third-order valence-electron chi connectivity index (χ3n) is 3.71. The van der Waals surface area contributed by atoms with Crippen molar-refractivity contribution in [2.24, 2.45) is 0 Å². The molecule has 3 rings (SSSR count). The molecule has 4 heteroatoms. The lowest BCUT2D eigenvalue weighted by Crippen LogP contribution is -2.46. The molecule has 3 heterocycles. The smallest absolute Gasteiger partial charge is 0.137 e. The Bertz CT molecular complexity index is 534. The largest absolute Gasteiger partial charge is 0.346 e. The van der Waals surface area contributed by atoms with Gasteiger partial charge in [-0.15, -0.1) is 0 Å². The van der Waals surface area contributed by atoms with Crippen molar-refractivity contribution in [1.29, 1.82) is 0 Å². The first-order valence-corrected chi connectivity index (χ1v) is 6.89. The Morgan fingerprint density at radius 2 is 2.47 bits per heavy atom. The lowest BCUT2D eigenvalue weighted by Gasteiger charge is -2.38. The van der Waals surface area contributed by atoms with Crippen molar-refractivity contribution in [1.82, 2.24) is 14.9 Å². The van der Waals surface area contributed by atoms with Crippen LogP contribution in [0, 0.1) is 0 Å². The van der Waals surface area contributed by atoms with Crippen LogP contribution in [0.2, 0.25) is 0 Å². The van der Waals surface area contributed by atoms with Gasteiger partial charge in [-0.1, -0.05) is 0 Å². The number of rotatable bonds is 3. The second kappa shape index (κ2) is 4.42. The van der Waals surface area contributed by atoms with E-state index in [0.29, 0.717) is 0 Å². The minimum absolute atomic E-state index is 0.769. The Labute approximate surface area is 109 Å². The fraction of sp³-hybridized carbons (Fsp3) is 0.462. The van der Waals surface area contributed by atoms with Crippen LogP contribution < -0.4 is 0 Å². The van der Waals surface area contributed by atoms with Gasteiger partial charge < -0.3 is 9.88 Å². The number of fused-ring (bicyclic) bond motifs is 1. The van der Waals surface area contributed by atoms with Crippen LogP contribution in [0.4, 0.5) is 0 Å². The van der Waals surface area contributed by atoms with E-state index in [9.17, 15) is 0 Å². The molecule has 0 saturated carbocycles. The first-order valence-electron chi connectivity index (χ1n) is 6.09. The molecule has 0 radical (unpaired) electrons. The highest BCUT2D eigenvalue weighted by atomic mass is 79.9. The maximum absolute atomic E-state index is 4.36. The SMILES string of the molecule is CC1CCN1CCc1c[nH]c2ncc(Br)cc12. The minimum Gasteiger partial charge on any atom is -0.346 e. The van der Waals surface area contributed by atoms with E-state index in [4.69, 9.17) is 0 Å². The highest BCUT2D eigenvalue weighted by Gasteiger charge is 2.22. The zero-order valence-electron chi connectivity index (χ0n) is 9.91. The normalized spacial score (nSPS) is 20.7. The number of aromatic amines is 1. The molecule has 0 aliphatic carbocycles. The number of hydrogen-bond acceptors (Lipinski definition) is 2. The van der Waals surface area contributed by atoms with Crippen LogP contribution in [-0.2, 0) is 6.42 Å². The molecule has 90 valence electrons. The molecule has 1 aliphatic heterocycles. The average Bonchev–Trinajstić information content (AvgIpc) is 2.70. The number of hydrogen-bond donors (Lipinski definition) is 1. The molecule has 1 fully saturated rings. The Morgan fingerprint density at radius 3 is 3.18 bits per heavy atom. The molecule has 1 aliphatic rings. The van der Waals surface area contributed by atoms with Crippen molar-refractivity contribution >= 4 is 27.0 Å². The van der Waals surface area contributed by atoms with E-state index in [1.54, 1.807) is 0 Å². The second-order valence-electron chi connectivity index (χ2n) is 4.79. The van der Waals surface area contributed by atoms with Crippen molar-refractivity contribution < 1.29 is 0 Å². The van der Waals surface area contributed by atoms with Crippen molar-refractivity contribution in [2.45, 2.75) is 25.8 Å². The van der Waals surface area contributed by atoms with Gasteiger partial charge in [-0.25, -0.2) is 4.98 Å². The van der Waals surface area contributed by atoms with Crippen LogP contribution in [0.15, 0.2) is 22.9 Å². The van der Waals surface area contributed by atoms with Crippen LogP contribution in [0.5, 0.6) is 0 Å². The number of nitrogens with one attached hydrogen (secondary N) is 1. The summed E-state index contributed by atoms with van der Waals surface area (Å²) in [7, 11) is 0. The lowest BCUT2D eigenvalue weighted by atomic mass is 10.0. The van der Waals surface area contributed by atoms with Crippen molar-refractivity contribution in [3.8, 4) is 0 Å². The van der Waals surface area contributed by atoms with Crippen LogP contribution in [0.1, 0.15) is 18.9 Å². The van der Waals surface area contributed by atoms with Gasteiger partial charge in [0.1, 0.15) is 5.65 Å². The molecule has 0 spiro atoms. The number of halogens is 1. The summed E-state index contributed by atoms with van der Waals surface area (Å²) in [6, 6.07) is 2.92. The molecule has 1 atom stereocenters. The molecule has 17 heavy (non-hydrogen) atoms. The summed E-state index contributed by atoms with van der Waals surface area (Å²) < 4.78 is 1.04. The zero-order valence-corrected chi connectivity index (χ0v) is 11.5. The third kappa shape index (κ3) is 2.11. The van der Waals surface area contributed by atoms with E-state index in [0.717, 1.165) is 29.1 Å². The van der Waals surface area contributed by atoms with Crippen LogP contribution >= 0.6 is 15.9 Å². The quantitative estimate of drug-likeness (QED) is 0.944. The summed E-state index contributed by atoms with van der Waals surface area (Å²) in [5.41, 5.74) is 2.35. The fourth-order valence-corrected chi connectivity index (χ4v) is 2.74. The molecule has 0 aromatic carbocycles. The highest BCUT2D eigenvalue weighted by Crippen LogP contribution is 2.22. The maximum Gasteiger partial charge on any atom is 0.137 e. The molecule has 0 amide bonds. The molecule has 2 aromatic heterocycles. The van der Waals surface area contributed by atoms with E-state index < -0.39 is 0 Å². The number of H-pyrrole nitrogens is 1. The standard InChI is InChI=1S/C13H16BrN3/c1-9-2-4-17(9)5-3-10-7-15-13-12(10)6-11(14)8-16-13/h6-9H,2-5H2,1H3,(H,15,16). The van der Waals surface area contributed by atoms with Crippen molar-refractivity contribution in [2.75, 3.05) is 13.1 Å². The second-order valence-corrected chi connectivity index (χ2v) is 5.70. The van der Waals surface area contributed by atoms with E-state index in [1.807, 2.05) is 6.20 Å². The highest BCUT2D eigenvalue weighted by molar-refractivity contribution is 9.10. The first-order chi connectivity index (χ1) is 8.24. The topological polar surface area (TPSA) is 31.9 Å². The van der Waals surface area contributed by atoms with Gasteiger partial charge >= 0.3 is 0 Å². The summed E-state index contributed by atoms with van der Waals surface area (Å²) in [4.78, 5) is 10.1. The molecule has 1 saturated heterocycles. The minimum atomic E-state index is 0.769. The molecule has 1 N–H and O–H groups in total. The number of pyridine rings is 1. The van der Waals surface area contributed by atoms with Crippen LogP contribution in [-0.4, -0.2) is 34.0 Å². The third-order valence-corrected chi connectivity index (χ3v) is 4.14. The van der Waals surface area contributed by atoms with Gasteiger partial charge in [0.15, 0.2) is 0 Å². The van der Waals surface area contributed by atoms with E-state index in [2.05, 4.69) is 50.0 Å². The van der Waals surface area contributed by atoms with Gasteiger partial charge in [0.2, 0.25) is 0 Å². The Morgan fingerprint density at radius 1 is 1.59 bits per heavy atom. The average molecular weight is 294 g/mol. The molecule has 2 aromatic rings. The molecule has 0 bridgehead atoms. The Hall–Kier alpha value is -0.870. The summed E-state index contributed by atoms with van der Waals surface area (Å²) in [5, 5.41) is 1.24. The van der Waals surface area contributed by atoms with Gasteiger partial charge in [0, 0.05) is 34.8 Å². The Balaban J connectivity index is 1.78. The summed E-state index contributed by atoms with van der Waals surface area (Å²) in [5.74, 6) is 0. The number of nitrogens with zero attached hydrogens (tertiary/aromatic N) is 2. The van der Waals surface area contributed by atoms with Crippen molar-refractivity contribution in [3.05, 3.63) is 28.5 Å².